The topological polar surface area (TPSA) is 81.6 Å². The lowest BCUT2D eigenvalue weighted by Crippen LogP contribution is -2.32. The van der Waals surface area contributed by atoms with Crippen molar-refractivity contribution in [2.45, 2.75) is 44.2 Å². The third-order valence-electron chi connectivity index (χ3n) is 4.70. The minimum Gasteiger partial charge on any atom is -0.459 e. The predicted molar refractivity (Wildman–Crippen MR) is 79.2 cm³/mol. The molecule has 1 amide bonds. The normalized spacial score (nSPS) is 25.2. The number of rotatable bonds is 3. The molecule has 1 atom stereocenters. The molecular formula is C16H19N3O4. The van der Waals surface area contributed by atoms with Crippen molar-refractivity contribution in [3.8, 4) is 11.7 Å². The number of hydrogen-bond donors (Lipinski definition) is 0. The fraction of sp³-hybridized carbons (Fsp3) is 0.562. The van der Waals surface area contributed by atoms with Crippen molar-refractivity contribution in [1.82, 2.24) is 15.0 Å². The highest BCUT2D eigenvalue weighted by atomic mass is 16.5. The Kier molecular flexibility index (Phi) is 3.65. The average Bonchev–Trinajstić information content (AvgIpc) is 3.28. The predicted octanol–water partition coefficient (Wildman–Crippen LogP) is 2.39. The monoisotopic (exact) mass is 317 g/mol. The second-order valence-corrected chi connectivity index (χ2v) is 6.19. The van der Waals surface area contributed by atoms with E-state index in [0.717, 1.165) is 32.3 Å². The largest absolute Gasteiger partial charge is 0.459 e. The molecule has 7 heteroatoms. The lowest BCUT2D eigenvalue weighted by Gasteiger charge is -2.26. The van der Waals surface area contributed by atoms with Gasteiger partial charge in [0.05, 0.1) is 18.4 Å². The van der Waals surface area contributed by atoms with Crippen molar-refractivity contribution < 1.29 is 18.5 Å². The Bertz CT molecular complexity index is 673. The molecule has 2 aliphatic rings. The summed E-state index contributed by atoms with van der Waals surface area (Å²) in [5, 5.41) is 3.95. The minimum atomic E-state index is -0.0962. The molecule has 2 aromatic rings. The summed E-state index contributed by atoms with van der Waals surface area (Å²) >= 11 is 0. The van der Waals surface area contributed by atoms with Crippen molar-refractivity contribution >= 4 is 5.91 Å². The standard InChI is InChI=1S/C16H19N3O4/c20-14-4-6-16(5-2-10-22-16)7-8-19(14)11-13-17-15(23-18-13)12-3-1-9-21-12/h1,3,9H,2,4-8,10-11H2. The molecule has 1 spiro atoms. The third kappa shape index (κ3) is 2.88. The third-order valence-corrected chi connectivity index (χ3v) is 4.70. The van der Waals surface area contributed by atoms with E-state index in [1.165, 1.54) is 0 Å². The molecule has 0 N–H and O–H groups in total. The van der Waals surface area contributed by atoms with E-state index in [2.05, 4.69) is 10.1 Å². The molecule has 7 nitrogen and oxygen atoms in total. The summed E-state index contributed by atoms with van der Waals surface area (Å²) in [4.78, 5) is 18.5. The highest BCUT2D eigenvalue weighted by Crippen LogP contribution is 2.36. The van der Waals surface area contributed by atoms with Crippen LogP contribution in [0.1, 0.15) is 37.9 Å². The highest BCUT2D eigenvalue weighted by molar-refractivity contribution is 5.76. The zero-order valence-corrected chi connectivity index (χ0v) is 12.9. The maximum absolute atomic E-state index is 12.4. The van der Waals surface area contributed by atoms with Gasteiger partial charge in [0.1, 0.15) is 0 Å². The van der Waals surface area contributed by atoms with Gasteiger partial charge in [-0.2, -0.15) is 4.98 Å². The molecule has 0 aliphatic carbocycles. The minimum absolute atomic E-state index is 0.0962. The maximum Gasteiger partial charge on any atom is 0.293 e. The molecule has 4 rings (SSSR count). The van der Waals surface area contributed by atoms with Crippen molar-refractivity contribution in [3.63, 3.8) is 0 Å². The first-order chi connectivity index (χ1) is 11.2. The second-order valence-electron chi connectivity index (χ2n) is 6.19. The zero-order chi connectivity index (χ0) is 15.7. The summed E-state index contributed by atoms with van der Waals surface area (Å²) in [6.45, 7) is 1.84. The average molecular weight is 317 g/mol. The molecule has 23 heavy (non-hydrogen) atoms. The first-order valence-electron chi connectivity index (χ1n) is 8.02. The van der Waals surface area contributed by atoms with Crippen LogP contribution in [0, 0.1) is 0 Å². The van der Waals surface area contributed by atoms with E-state index in [4.69, 9.17) is 13.7 Å². The Morgan fingerprint density at radius 1 is 1.30 bits per heavy atom. The van der Waals surface area contributed by atoms with Gasteiger partial charge in [-0.25, -0.2) is 0 Å². The number of hydrogen-bond acceptors (Lipinski definition) is 6. The van der Waals surface area contributed by atoms with E-state index in [1.807, 2.05) is 0 Å². The molecule has 2 aliphatic heterocycles. The van der Waals surface area contributed by atoms with Crippen LogP contribution < -0.4 is 0 Å². The van der Waals surface area contributed by atoms with Gasteiger partial charge in [-0.3, -0.25) is 4.79 Å². The molecule has 0 bridgehead atoms. The number of furan rings is 1. The zero-order valence-electron chi connectivity index (χ0n) is 12.9. The van der Waals surface area contributed by atoms with Crippen molar-refractivity contribution in [2.75, 3.05) is 13.2 Å². The maximum atomic E-state index is 12.4. The summed E-state index contributed by atoms with van der Waals surface area (Å²) in [6, 6.07) is 3.52. The molecule has 2 saturated heterocycles. The Morgan fingerprint density at radius 3 is 3.04 bits per heavy atom. The molecule has 2 fully saturated rings. The van der Waals surface area contributed by atoms with Gasteiger partial charge in [0.2, 0.25) is 5.91 Å². The number of carbonyl (C=O) groups excluding carboxylic acids is 1. The lowest BCUT2D eigenvalue weighted by atomic mass is 9.92. The fourth-order valence-electron chi connectivity index (χ4n) is 3.39. The van der Waals surface area contributed by atoms with Gasteiger partial charge in [-0.15, -0.1) is 0 Å². The molecule has 1 unspecified atom stereocenters. The van der Waals surface area contributed by atoms with Gasteiger partial charge in [0, 0.05) is 19.6 Å². The van der Waals surface area contributed by atoms with E-state index in [0.29, 0.717) is 37.0 Å². The summed E-state index contributed by atoms with van der Waals surface area (Å²) < 4.78 is 16.3. The van der Waals surface area contributed by atoms with Crippen molar-refractivity contribution in [1.29, 1.82) is 0 Å². The van der Waals surface area contributed by atoms with E-state index in [1.54, 1.807) is 23.3 Å². The van der Waals surface area contributed by atoms with Crippen LogP contribution in [0.5, 0.6) is 0 Å². The van der Waals surface area contributed by atoms with Crippen LogP contribution in [0.3, 0.4) is 0 Å². The van der Waals surface area contributed by atoms with E-state index in [9.17, 15) is 4.79 Å². The summed E-state index contributed by atoms with van der Waals surface area (Å²) in [6.07, 6.45) is 5.90. The Labute approximate surface area is 133 Å². The summed E-state index contributed by atoms with van der Waals surface area (Å²) in [7, 11) is 0. The van der Waals surface area contributed by atoms with E-state index < -0.39 is 0 Å². The van der Waals surface area contributed by atoms with Crippen LogP contribution in [-0.2, 0) is 16.1 Å². The van der Waals surface area contributed by atoms with Crippen LogP contribution in [0.2, 0.25) is 0 Å². The number of nitrogens with zero attached hydrogens (tertiary/aromatic N) is 3. The smallest absolute Gasteiger partial charge is 0.293 e. The number of aromatic nitrogens is 2. The van der Waals surface area contributed by atoms with E-state index >= 15 is 0 Å². The quantitative estimate of drug-likeness (QED) is 0.864. The van der Waals surface area contributed by atoms with Crippen LogP contribution >= 0.6 is 0 Å². The molecule has 0 radical (unpaired) electrons. The number of ether oxygens (including phenoxy) is 1. The fourth-order valence-corrected chi connectivity index (χ4v) is 3.39. The number of likely N-dealkylation sites (tertiary alicyclic amines) is 1. The van der Waals surface area contributed by atoms with Gasteiger partial charge in [0.25, 0.3) is 5.89 Å². The van der Waals surface area contributed by atoms with Gasteiger partial charge >= 0.3 is 0 Å². The van der Waals surface area contributed by atoms with Gasteiger partial charge < -0.3 is 18.6 Å². The Hall–Kier alpha value is -2.15. The molecule has 4 heterocycles. The Morgan fingerprint density at radius 2 is 2.26 bits per heavy atom. The second kappa shape index (κ2) is 5.81. The van der Waals surface area contributed by atoms with Crippen LogP contribution in [0.15, 0.2) is 27.3 Å². The number of carbonyl (C=O) groups is 1. The van der Waals surface area contributed by atoms with E-state index in [-0.39, 0.29) is 11.5 Å². The molecule has 0 aromatic carbocycles. The first-order valence-corrected chi connectivity index (χ1v) is 8.02. The molecule has 0 saturated carbocycles. The van der Waals surface area contributed by atoms with Crippen molar-refractivity contribution in [2.24, 2.45) is 0 Å². The molecular weight excluding hydrogens is 298 g/mol. The Balaban J connectivity index is 1.45. The van der Waals surface area contributed by atoms with Crippen LogP contribution in [-0.4, -0.2) is 39.7 Å². The van der Waals surface area contributed by atoms with Gasteiger partial charge in [-0.1, -0.05) is 5.16 Å². The van der Waals surface area contributed by atoms with Crippen molar-refractivity contribution in [3.05, 3.63) is 24.2 Å². The summed E-state index contributed by atoms with van der Waals surface area (Å²) in [5.41, 5.74) is -0.0962. The lowest BCUT2D eigenvalue weighted by molar-refractivity contribution is -0.131. The first kappa shape index (κ1) is 14.4. The number of amides is 1. The highest BCUT2D eigenvalue weighted by Gasteiger charge is 2.38. The molecule has 2 aromatic heterocycles. The van der Waals surface area contributed by atoms with Gasteiger partial charge in [0.15, 0.2) is 11.6 Å². The van der Waals surface area contributed by atoms with Crippen LogP contribution in [0.4, 0.5) is 0 Å². The van der Waals surface area contributed by atoms with Crippen LogP contribution in [0.25, 0.3) is 11.7 Å². The van der Waals surface area contributed by atoms with Gasteiger partial charge in [-0.05, 0) is 37.8 Å². The SMILES string of the molecule is O=C1CCC2(CCCO2)CCN1Cc1noc(-c2ccco2)n1. The summed E-state index contributed by atoms with van der Waals surface area (Å²) in [5.74, 6) is 1.49. The molecule has 122 valence electrons.